The Labute approximate surface area is 120 Å². The molecule has 1 aromatic carbocycles. The molecule has 0 aliphatic carbocycles. The second-order valence-corrected chi connectivity index (χ2v) is 5.88. The predicted octanol–water partition coefficient (Wildman–Crippen LogP) is -0.0697. The Morgan fingerprint density at radius 1 is 1.14 bits per heavy atom. The molecule has 0 aliphatic rings. The fourth-order valence-corrected chi connectivity index (χ4v) is 2.23. The van der Waals surface area contributed by atoms with Gasteiger partial charge in [0, 0.05) is 11.8 Å². The first-order valence-corrected chi connectivity index (χ1v) is 7.31. The largest absolute Gasteiger partial charge is 0.321 e. The Morgan fingerprint density at radius 2 is 1.81 bits per heavy atom. The van der Waals surface area contributed by atoms with Crippen molar-refractivity contribution >= 4 is 21.6 Å². The molecule has 9 heteroatoms. The number of amides is 1. The number of nitrogens with zero attached hydrogens (tertiary/aromatic N) is 1. The summed E-state index contributed by atoms with van der Waals surface area (Å²) in [5, 5.41) is 8.27. The normalized spacial score (nSPS) is 11.1. The quantitative estimate of drug-likeness (QED) is 0.730. The van der Waals surface area contributed by atoms with Gasteiger partial charge in [-0.15, -0.1) is 0 Å². The van der Waals surface area contributed by atoms with Crippen LogP contribution in [0, 0.1) is 0 Å². The van der Waals surface area contributed by atoms with Crippen LogP contribution in [0.1, 0.15) is 10.5 Å². The molecule has 2 aromatic rings. The van der Waals surface area contributed by atoms with E-state index in [4.69, 9.17) is 0 Å². The van der Waals surface area contributed by atoms with Gasteiger partial charge in [0.15, 0.2) is 0 Å². The van der Waals surface area contributed by atoms with Crippen molar-refractivity contribution in [2.45, 2.75) is 4.90 Å². The van der Waals surface area contributed by atoms with Crippen molar-refractivity contribution in [1.82, 2.24) is 14.9 Å². The average Bonchev–Trinajstić information content (AvgIpc) is 2.48. The number of benzene rings is 1. The minimum absolute atomic E-state index is 0.0431. The number of carbonyl (C=O) groups excluding carboxylic acids is 1. The maximum Gasteiger partial charge on any atom is 0.276 e. The summed E-state index contributed by atoms with van der Waals surface area (Å²) in [6.07, 6.45) is 0. The Balaban J connectivity index is 2.15. The van der Waals surface area contributed by atoms with E-state index in [1.54, 1.807) is 0 Å². The summed E-state index contributed by atoms with van der Waals surface area (Å²) < 4.78 is 25.3. The first-order valence-electron chi connectivity index (χ1n) is 5.83. The molecule has 110 valence electrons. The van der Waals surface area contributed by atoms with Crippen LogP contribution in [-0.4, -0.2) is 31.6 Å². The molecular formula is C12H12N4O4S. The Hall–Kier alpha value is -2.52. The number of carbonyl (C=O) groups is 1. The summed E-state index contributed by atoms with van der Waals surface area (Å²) in [5.41, 5.74) is 0.0396. The highest BCUT2D eigenvalue weighted by Gasteiger charge is 2.12. The Bertz CT molecular complexity index is 791. The van der Waals surface area contributed by atoms with Crippen LogP contribution in [0.5, 0.6) is 0 Å². The molecule has 1 heterocycles. The third-order valence-electron chi connectivity index (χ3n) is 2.60. The second kappa shape index (κ2) is 5.85. The lowest BCUT2D eigenvalue weighted by atomic mass is 10.3. The molecule has 0 saturated carbocycles. The summed E-state index contributed by atoms with van der Waals surface area (Å²) in [5.74, 6) is -0.518. The maximum atomic E-state index is 11.8. The number of H-pyrrole nitrogens is 1. The van der Waals surface area contributed by atoms with Crippen LogP contribution < -0.4 is 15.6 Å². The van der Waals surface area contributed by atoms with Crippen molar-refractivity contribution in [3.63, 3.8) is 0 Å². The third kappa shape index (κ3) is 3.52. The van der Waals surface area contributed by atoms with E-state index in [9.17, 15) is 18.0 Å². The summed E-state index contributed by atoms with van der Waals surface area (Å²) in [4.78, 5) is 22.8. The van der Waals surface area contributed by atoms with Crippen LogP contribution in [-0.2, 0) is 10.0 Å². The third-order valence-corrected chi connectivity index (χ3v) is 4.03. The molecule has 0 fully saturated rings. The lowest BCUT2D eigenvalue weighted by molar-refractivity contribution is 0.102. The molecule has 0 radical (unpaired) electrons. The number of rotatable bonds is 4. The van der Waals surface area contributed by atoms with Gasteiger partial charge in [0.2, 0.25) is 10.0 Å². The SMILES string of the molecule is CNS(=O)(=O)c1ccc(NC(=O)c2ccc(=O)[nH]n2)cc1. The highest BCUT2D eigenvalue weighted by atomic mass is 32.2. The molecular weight excluding hydrogens is 296 g/mol. The van der Waals surface area contributed by atoms with Crippen LogP contribution in [0.4, 0.5) is 5.69 Å². The van der Waals surface area contributed by atoms with Crippen molar-refractivity contribution in [2.75, 3.05) is 12.4 Å². The van der Waals surface area contributed by atoms with Gasteiger partial charge in [0.25, 0.3) is 11.5 Å². The molecule has 21 heavy (non-hydrogen) atoms. The number of aromatic nitrogens is 2. The molecule has 2 rings (SSSR count). The van der Waals surface area contributed by atoms with Crippen LogP contribution in [0.25, 0.3) is 0 Å². The molecule has 0 spiro atoms. The van der Waals surface area contributed by atoms with Crippen LogP contribution in [0.15, 0.2) is 46.1 Å². The van der Waals surface area contributed by atoms with Crippen molar-refractivity contribution in [2.24, 2.45) is 0 Å². The topological polar surface area (TPSA) is 121 Å². The van der Waals surface area contributed by atoms with Gasteiger partial charge in [-0.25, -0.2) is 18.2 Å². The minimum Gasteiger partial charge on any atom is -0.321 e. The van der Waals surface area contributed by atoms with Gasteiger partial charge in [0.1, 0.15) is 5.69 Å². The molecule has 8 nitrogen and oxygen atoms in total. The number of aromatic amines is 1. The van der Waals surface area contributed by atoms with Gasteiger partial charge in [-0.1, -0.05) is 0 Å². The molecule has 0 unspecified atom stereocenters. The minimum atomic E-state index is -3.52. The zero-order valence-corrected chi connectivity index (χ0v) is 11.8. The fourth-order valence-electron chi connectivity index (χ4n) is 1.50. The maximum absolute atomic E-state index is 11.8. The Morgan fingerprint density at radius 3 is 2.33 bits per heavy atom. The van der Waals surface area contributed by atoms with Crippen molar-refractivity contribution in [3.8, 4) is 0 Å². The van der Waals surface area contributed by atoms with Gasteiger partial charge in [-0.2, -0.15) is 5.10 Å². The molecule has 0 atom stereocenters. The lowest BCUT2D eigenvalue weighted by Gasteiger charge is -2.06. The first kappa shape index (κ1) is 14.9. The summed E-state index contributed by atoms with van der Waals surface area (Å²) >= 11 is 0. The van der Waals surface area contributed by atoms with Gasteiger partial charge in [-0.3, -0.25) is 9.59 Å². The van der Waals surface area contributed by atoms with Crippen molar-refractivity contribution < 1.29 is 13.2 Å². The average molecular weight is 308 g/mol. The standard InChI is InChI=1S/C12H12N4O4S/c1-13-21(19,20)9-4-2-8(3-5-9)14-12(18)10-6-7-11(17)16-15-10/h2-7,13H,1H3,(H,14,18)(H,16,17). The van der Waals surface area contributed by atoms with Crippen LogP contribution in [0.3, 0.4) is 0 Å². The fraction of sp³-hybridized carbons (Fsp3) is 0.0833. The van der Waals surface area contributed by atoms with Gasteiger partial charge < -0.3 is 5.32 Å². The predicted molar refractivity (Wildman–Crippen MR) is 75.5 cm³/mol. The van der Waals surface area contributed by atoms with Gasteiger partial charge >= 0.3 is 0 Å². The van der Waals surface area contributed by atoms with E-state index in [0.29, 0.717) is 5.69 Å². The number of hydrogen-bond acceptors (Lipinski definition) is 5. The second-order valence-electron chi connectivity index (χ2n) is 3.99. The summed E-state index contributed by atoms with van der Waals surface area (Å²) in [6, 6.07) is 8.10. The zero-order chi connectivity index (χ0) is 15.5. The van der Waals surface area contributed by atoms with E-state index in [-0.39, 0.29) is 10.6 Å². The summed E-state index contributed by atoms with van der Waals surface area (Å²) in [7, 11) is -2.20. The first-order chi connectivity index (χ1) is 9.92. The highest BCUT2D eigenvalue weighted by molar-refractivity contribution is 7.89. The number of anilines is 1. The van der Waals surface area contributed by atoms with E-state index in [1.807, 2.05) is 0 Å². The van der Waals surface area contributed by atoms with Crippen molar-refractivity contribution in [1.29, 1.82) is 0 Å². The summed E-state index contributed by atoms with van der Waals surface area (Å²) in [6.45, 7) is 0. The monoisotopic (exact) mass is 308 g/mol. The smallest absolute Gasteiger partial charge is 0.276 e. The van der Waals surface area contributed by atoms with Gasteiger partial charge in [0.05, 0.1) is 4.90 Å². The van der Waals surface area contributed by atoms with E-state index < -0.39 is 21.5 Å². The van der Waals surface area contributed by atoms with Crippen LogP contribution in [0.2, 0.25) is 0 Å². The number of hydrogen-bond donors (Lipinski definition) is 3. The van der Waals surface area contributed by atoms with E-state index in [0.717, 1.165) is 0 Å². The molecule has 3 N–H and O–H groups in total. The highest BCUT2D eigenvalue weighted by Crippen LogP contribution is 2.14. The van der Waals surface area contributed by atoms with E-state index >= 15 is 0 Å². The Kier molecular flexibility index (Phi) is 4.15. The zero-order valence-electron chi connectivity index (χ0n) is 11.0. The van der Waals surface area contributed by atoms with Gasteiger partial charge in [-0.05, 0) is 37.4 Å². The van der Waals surface area contributed by atoms with Crippen molar-refractivity contribution in [3.05, 3.63) is 52.4 Å². The van der Waals surface area contributed by atoms with E-state index in [1.165, 1.54) is 43.4 Å². The molecule has 1 aromatic heterocycles. The molecule has 0 saturated heterocycles. The van der Waals surface area contributed by atoms with Crippen LogP contribution >= 0.6 is 0 Å². The van der Waals surface area contributed by atoms with E-state index in [2.05, 4.69) is 20.2 Å². The lowest BCUT2D eigenvalue weighted by Crippen LogP contribution is -2.19. The number of sulfonamides is 1. The molecule has 0 aliphatic heterocycles. The molecule has 1 amide bonds. The number of nitrogens with one attached hydrogen (secondary N) is 3. The molecule has 0 bridgehead atoms.